The molecule has 0 spiro atoms. The summed E-state index contributed by atoms with van der Waals surface area (Å²) in [4.78, 5) is 53.1. The summed E-state index contributed by atoms with van der Waals surface area (Å²) in [6.45, 7) is 7.89. The van der Waals surface area contributed by atoms with Crippen LogP contribution in [0.15, 0.2) is 42.5 Å². The second-order valence-corrected chi connectivity index (χ2v) is 10.1. The summed E-state index contributed by atoms with van der Waals surface area (Å²) < 4.78 is 10.4. The highest BCUT2D eigenvalue weighted by atomic mass is 16.6. The number of aryl methyl sites for hydroxylation is 2. The van der Waals surface area contributed by atoms with Crippen LogP contribution in [0.4, 0.5) is 10.5 Å². The van der Waals surface area contributed by atoms with Crippen LogP contribution in [0.2, 0.25) is 0 Å². The standard InChI is InChI=1S/C28H38N4O7/c1-17-7-12-21(18(2)15-17)24(25(35)30-19-8-10-20(38-6)11-9-19)32(13-14-33)26(36)22(16-23(29)34)31-27(37)39-28(3,4)5/h7-12,15,22,24,33H,13-14,16H2,1-6H3,(H2,29,34)(H,30,35)(H,31,37). The van der Waals surface area contributed by atoms with Crippen molar-refractivity contribution in [2.24, 2.45) is 5.73 Å². The van der Waals surface area contributed by atoms with Gasteiger partial charge in [-0.1, -0.05) is 23.8 Å². The van der Waals surface area contributed by atoms with Crippen LogP contribution >= 0.6 is 0 Å². The van der Waals surface area contributed by atoms with E-state index >= 15 is 0 Å². The van der Waals surface area contributed by atoms with Crippen LogP contribution in [0.3, 0.4) is 0 Å². The monoisotopic (exact) mass is 542 g/mol. The summed E-state index contributed by atoms with van der Waals surface area (Å²) in [5, 5.41) is 15.1. The van der Waals surface area contributed by atoms with Gasteiger partial charge in [0.15, 0.2) is 0 Å². The molecule has 0 saturated heterocycles. The number of alkyl carbamates (subject to hydrolysis) is 1. The Hall–Kier alpha value is -4.12. The molecule has 39 heavy (non-hydrogen) atoms. The molecule has 0 bridgehead atoms. The lowest BCUT2D eigenvalue weighted by molar-refractivity contribution is -0.142. The molecule has 11 nitrogen and oxygen atoms in total. The van der Waals surface area contributed by atoms with Gasteiger partial charge in [0.1, 0.15) is 23.4 Å². The van der Waals surface area contributed by atoms with Gasteiger partial charge in [0.2, 0.25) is 11.8 Å². The maximum Gasteiger partial charge on any atom is 0.408 e. The molecule has 0 aliphatic heterocycles. The lowest BCUT2D eigenvalue weighted by Gasteiger charge is -2.34. The molecule has 0 aliphatic carbocycles. The number of hydrogen-bond donors (Lipinski definition) is 4. The topological polar surface area (TPSA) is 160 Å². The Morgan fingerprint density at radius 3 is 2.21 bits per heavy atom. The number of nitrogens with one attached hydrogen (secondary N) is 2. The molecule has 11 heteroatoms. The first-order valence-electron chi connectivity index (χ1n) is 12.5. The van der Waals surface area contributed by atoms with E-state index in [9.17, 15) is 24.3 Å². The quantitative estimate of drug-likeness (QED) is 0.339. The fourth-order valence-corrected chi connectivity index (χ4v) is 3.99. The Balaban J connectivity index is 2.53. The number of methoxy groups -OCH3 is 1. The van der Waals surface area contributed by atoms with Gasteiger partial charge in [-0.25, -0.2) is 4.79 Å². The Morgan fingerprint density at radius 2 is 1.69 bits per heavy atom. The maximum absolute atomic E-state index is 13.8. The van der Waals surface area contributed by atoms with Crippen LogP contribution in [-0.2, 0) is 19.1 Å². The third kappa shape index (κ3) is 9.29. The van der Waals surface area contributed by atoms with Gasteiger partial charge < -0.3 is 35.8 Å². The normalized spacial score (nSPS) is 12.6. The first-order valence-corrected chi connectivity index (χ1v) is 12.5. The second kappa shape index (κ2) is 13.6. The number of hydrogen-bond acceptors (Lipinski definition) is 7. The Morgan fingerprint density at radius 1 is 1.05 bits per heavy atom. The Kier molecular flexibility index (Phi) is 10.9. The van der Waals surface area contributed by atoms with Crippen molar-refractivity contribution in [1.29, 1.82) is 0 Å². The summed E-state index contributed by atoms with van der Waals surface area (Å²) in [5.74, 6) is -1.61. The molecular weight excluding hydrogens is 504 g/mol. The molecule has 5 N–H and O–H groups in total. The number of aliphatic hydroxyl groups excluding tert-OH is 1. The number of aliphatic hydroxyl groups is 1. The third-order valence-electron chi connectivity index (χ3n) is 5.66. The zero-order chi connectivity index (χ0) is 29.3. The Bertz CT molecular complexity index is 1180. The van der Waals surface area contributed by atoms with Crippen LogP contribution in [0.25, 0.3) is 0 Å². The van der Waals surface area contributed by atoms with Crippen molar-refractivity contribution in [3.8, 4) is 5.75 Å². The molecule has 2 rings (SSSR count). The molecule has 2 atom stereocenters. The highest BCUT2D eigenvalue weighted by molar-refractivity contribution is 6.00. The molecule has 0 aliphatic rings. The molecule has 0 saturated carbocycles. The van der Waals surface area contributed by atoms with Gasteiger partial charge in [-0.2, -0.15) is 0 Å². The molecule has 0 fully saturated rings. The van der Waals surface area contributed by atoms with E-state index in [1.165, 1.54) is 7.11 Å². The number of benzene rings is 2. The van der Waals surface area contributed by atoms with Crippen molar-refractivity contribution < 1.29 is 33.8 Å². The van der Waals surface area contributed by atoms with Gasteiger partial charge in [0, 0.05) is 12.2 Å². The zero-order valence-electron chi connectivity index (χ0n) is 23.2. The highest BCUT2D eigenvalue weighted by Gasteiger charge is 2.37. The van der Waals surface area contributed by atoms with Crippen molar-refractivity contribution in [2.45, 2.75) is 58.7 Å². The van der Waals surface area contributed by atoms with Crippen molar-refractivity contribution in [2.75, 3.05) is 25.6 Å². The predicted molar refractivity (Wildman–Crippen MR) is 146 cm³/mol. The molecule has 0 radical (unpaired) electrons. The van der Waals surface area contributed by atoms with Gasteiger partial charge in [0.05, 0.1) is 20.1 Å². The third-order valence-corrected chi connectivity index (χ3v) is 5.66. The zero-order valence-corrected chi connectivity index (χ0v) is 23.2. The number of nitrogens with two attached hydrogens (primary N) is 1. The number of primary amides is 1. The minimum Gasteiger partial charge on any atom is -0.497 e. The van der Waals surface area contributed by atoms with Crippen molar-refractivity contribution in [1.82, 2.24) is 10.2 Å². The van der Waals surface area contributed by atoms with E-state index < -0.39 is 54.5 Å². The maximum atomic E-state index is 13.8. The summed E-state index contributed by atoms with van der Waals surface area (Å²) in [7, 11) is 1.52. The van der Waals surface area contributed by atoms with Gasteiger partial charge >= 0.3 is 6.09 Å². The van der Waals surface area contributed by atoms with Crippen LogP contribution in [-0.4, -0.2) is 65.7 Å². The van der Waals surface area contributed by atoms with E-state index in [4.69, 9.17) is 15.2 Å². The lowest BCUT2D eigenvalue weighted by Crippen LogP contribution is -2.54. The van der Waals surface area contributed by atoms with E-state index in [0.717, 1.165) is 16.0 Å². The smallest absolute Gasteiger partial charge is 0.408 e. The first kappa shape index (κ1) is 31.1. The number of carbonyl (C=O) groups excluding carboxylic acids is 4. The average Bonchev–Trinajstić information content (AvgIpc) is 2.83. The number of ether oxygens (including phenoxy) is 2. The van der Waals surface area contributed by atoms with Crippen LogP contribution in [0, 0.1) is 13.8 Å². The lowest BCUT2D eigenvalue weighted by atomic mass is 9.96. The summed E-state index contributed by atoms with van der Waals surface area (Å²) in [6, 6.07) is 9.38. The van der Waals surface area contributed by atoms with Gasteiger partial charge in [-0.15, -0.1) is 0 Å². The number of carbonyl (C=O) groups is 4. The van der Waals surface area contributed by atoms with Crippen LogP contribution in [0.5, 0.6) is 5.75 Å². The summed E-state index contributed by atoms with van der Waals surface area (Å²) in [6.07, 6.45) is -1.48. The number of amides is 4. The van der Waals surface area contributed by atoms with Crippen molar-refractivity contribution in [3.05, 3.63) is 59.2 Å². The first-order chi connectivity index (χ1) is 18.2. The fraction of sp³-hybridized carbons (Fsp3) is 0.429. The largest absolute Gasteiger partial charge is 0.497 e. The molecule has 0 heterocycles. The highest BCUT2D eigenvalue weighted by Crippen LogP contribution is 2.28. The Labute approximate surface area is 228 Å². The minimum atomic E-state index is -1.44. The van der Waals surface area contributed by atoms with Crippen LogP contribution in [0.1, 0.15) is 49.9 Å². The van der Waals surface area contributed by atoms with E-state index in [0.29, 0.717) is 17.0 Å². The second-order valence-electron chi connectivity index (χ2n) is 10.1. The molecule has 2 unspecified atom stereocenters. The van der Waals surface area contributed by atoms with Gasteiger partial charge in [-0.05, 0) is 70.0 Å². The van der Waals surface area contributed by atoms with Gasteiger partial charge in [-0.3, -0.25) is 14.4 Å². The molecule has 0 aromatic heterocycles. The molecular formula is C28H38N4O7. The molecule has 4 amide bonds. The fourth-order valence-electron chi connectivity index (χ4n) is 3.99. The van der Waals surface area contributed by atoms with Crippen molar-refractivity contribution >= 4 is 29.5 Å². The van der Waals surface area contributed by atoms with Gasteiger partial charge in [0.25, 0.3) is 5.91 Å². The number of nitrogens with zero attached hydrogens (tertiary/aromatic N) is 1. The van der Waals surface area contributed by atoms with E-state index in [1.54, 1.807) is 64.1 Å². The predicted octanol–water partition coefficient (Wildman–Crippen LogP) is 2.58. The van der Waals surface area contributed by atoms with Crippen LogP contribution < -0.4 is 21.1 Å². The van der Waals surface area contributed by atoms with E-state index in [2.05, 4.69) is 10.6 Å². The molecule has 2 aromatic carbocycles. The minimum absolute atomic E-state index is 0.266. The van der Waals surface area contributed by atoms with Crippen molar-refractivity contribution in [3.63, 3.8) is 0 Å². The number of rotatable bonds is 11. The number of anilines is 1. The molecule has 2 aromatic rings. The SMILES string of the molecule is COc1ccc(NC(=O)C(c2ccc(C)cc2C)N(CCO)C(=O)C(CC(N)=O)NC(=O)OC(C)(C)C)cc1. The van der Waals surface area contributed by atoms with E-state index in [1.807, 2.05) is 13.0 Å². The average molecular weight is 543 g/mol. The summed E-state index contributed by atoms with van der Waals surface area (Å²) >= 11 is 0. The molecule has 212 valence electrons. The summed E-state index contributed by atoms with van der Waals surface area (Å²) in [5.41, 5.74) is 7.15. The van der Waals surface area contributed by atoms with E-state index in [-0.39, 0.29) is 6.54 Å².